The van der Waals surface area contributed by atoms with Crippen LogP contribution < -0.4 is 4.74 Å². The number of non-ortho nitro benzene ring substituents is 1. The predicted molar refractivity (Wildman–Crippen MR) is 240 cm³/mol. The van der Waals surface area contributed by atoms with Gasteiger partial charge in [0, 0.05) is 42.8 Å². The molecule has 4 unspecified atom stereocenters. The minimum atomic E-state index is -2.00. The van der Waals surface area contributed by atoms with Crippen LogP contribution in [0.4, 0.5) is 5.69 Å². The summed E-state index contributed by atoms with van der Waals surface area (Å²) < 4.78 is 37.2. The summed E-state index contributed by atoms with van der Waals surface area (Å²) in [6.45, 7) is 15.6. The molecule has 0 bridgehead atoms. The fraction of sp³-hybridized carbons (Fsp3) is 0.660. The van der Waals surface area contributed by atoms with E-state index in [0.717, 1.165) is 5.56 Å². The molecular weight excluding hydrogens is 829 g/mol. The lowest BCUT2D eigenvalue weighted by Crippen LogP contribution is -2.60. The number of methoxy groups -OCH3 is 2. The number of cyclic esters (lactones) is 1. The first-order chi connectivity index (χ1) is 30.0. The number of nitro groups is 1. The Labute approximate surface area is 377 Å². The van der Waals surface area contributed by atoms with E-state index in [9.17, 15) is 35.0 Å². The van der Waals surface area contributed by atoms with Crippen molar-refractivity contribution in [2.24, 2.45) is 33.9 Å². The number of nitrogens with zero attached hydrogens (tertiary/aromatic N) is 4. The quantitative estimate of drug-likeness (QED) is 0.103. The van der Waals surface area contributed by atoms with E-state index in [2.05, 4.69) is 5.10 Å². The molecule has 3 N–H and O–H groups in total. The summed E-state index contributed by atoms with van der Waals surface area (Å²) >= 11 is 0. The molecule has 0 aliphatic carbocycles. The average Bonchev–Trinajstić information content (AvgIpc) is 3.26. The van der Waals surface area contributed by atoms with Crippen LogP contribution in [0.3, 0.4) is 0 Å². The summed E-state index contributed by atoms with van der Waals surface area (Å²) in [6.07, 6.45) is -7.20. The summed E-state index contributed by atoms with van der Waals surface area (Å²) in [7, 11) is 6.80. The van der Waals surface area contributed by atoms with E-state index < -0.39 is 88.5 Å². The largest absolute Gasteiger partial charge is 0.497 e. The van der Waals surface area contributed by atoms with E-state index in [1.165, 1.54) is 38.3 Å². The van der Waals surface area contributed by atoms with Crippen molar-refractivity contribution in [2.75, 3.05) is 28.3 Å². The van der Waals surface area contributed by atoms with Crippen molar-refractivity contribution in [3.63, 3.8) is 0 Å². The SMILES string of the molecule is CC[C@H]1OC(=O)[C@H](C)[C@@H](OC(=O)Cc2ccc([N+](=O)[O-])cc2)[C@H](C)[C@@H](OC2OC(C)CC(N(C)C)C2O)[C@](C)(OC)C[C@@H](C)/C(=N\N=C(/C)c2ccc(OC)cc2)[C@H](C)[C@@H](O)[C@]1(C)O. The number of esters is 2. The summed E-state index contributed by atoms with van der Waals surface area (Å²) in [5.41, 5.74) is -1.27. The summed E-state index contributed by atoms with van der Waals surface area (Å²) in [5, 5.41) is 56.6. The number of likely N-dealkylation sites (N-methyl/N-ethyl adjacent to an activating group) is 1. The highest BCUT2D eigenvalue weighted by Crippen LogP contribution is 2.40. The second-order valence-corrected chi connectivity index (χ2v) is 18.2. The van der Waals surface area contributed by atoms with Gasteiger partial charge in [0.15, 0.2) is 6.29 Å². The minimum absolute atomic E-state index is 0.113. The molecule has 64 heavy (non-hydrogen) atoms. The monoisotopic (exact) mass is 898 g/mol. The molecule has 17 nitrogen and oxygen atoms in total. The lowest BCUT2D eigenvalue weighted by atomic mass is 9.73. The summed E-state index contributed by atoms with van der Waals surface area (Å²) in [4.78, 5) is 41.0. The Hall–Kier alpha value is -4.36. The van der Waals surface area contributed by atoms with Crippen molar-refractivity contribution in [3.05, 3.63) is 69.8 Å². The van der Waals surface area contributed by atoms with Gasteiger partial charge in [0.2, 0.25) is 0 Å². The third-order valence-electron chi connectivity index (χ3n) is 13.1. The average molecular weight is 899 g/mol. The second-order valence-electron chi connectivity index (χ2n) is 18.2. The molecule has 4 rings (SSSR count). The number of benzene rings is 2. The third kappa shape index (κ3) is 12.3. The minimum Gasteiger partial charge on any atom is -0.497 e. The lowest BCUT2D eigenvalue weighted by Gasteiger charge is -2.48. The first-order valence-electron chi connectivity index (χ1n) is 22.0. The Bertz CT molecular complexity index is 1940. The summed E-state index contributed by atoms with van der Waals surface area (Å²) in [6, 6.07) is 12.5. The second kappa shape index (κ2) is 22.2. The Balaban J connectivity index is 1.91. The fourth-order valence-electron chi connectivity index (χ4n) is 9.10. The van der Waals surface area contributed by atoms with E-state index in [4.69, 9.17) is 33.5 Å². The molecule has 17 heteroatoms. The molecule has 14 atom stereocenters. The van der Waals surface area contributed by atoms with Crippen molar-refractivity contribution in [1.82, 2.24) is 4.90 Å². The van der Waals surface area contributed by atoms with Gasteiger partial charge in [-0.1, -0.05) is 39.8 Å². The molecule has 2 fully saturated rings. The van der Waals surface area contributed by atoms with Crippen LogP contribution in [0.15, 0.2) is 58.7 Å². The first-order valence-corrected chi connectivity index (χ1v) is 22.0. The van der Waals surface area contributed by atoms with Gasteiger partial charge in [0.25, 0.3) is 5.69 Å². The Morgan fingerprint density at radius 1 is 1.00 bits per heavy atom. The van der Waals surface area contributed by atoms with Gasteiger partial charge in [-0.25, -0.2) is 0 Å². The van der Waals surface area contributed by atoms with Crippen molar-refractivity contribution < 1.29 is 58.3 Å². The molecule has 356 valence electrons. The van der Waals surface area contributed by atoms with Gasteiger partial charge in [-0.05, 0) is 109 Å². The van der Waals surface area contributed by atoms with E-state index in [1.807, 2.05) is 64.0 Å². The molecule has 2 heterocycles. The van der Waals surface area contributed by atoms with Crippen molar-refractivity contribution in [3.8, 4) is 5.75 Å². The first kappa shape index (κ1) is 52.3. The third-order valence-corrected chi connectivity index (χ3v) is 13.1. The Morgan fingerprint density at radius 3 is 2.17 bits per heavy atom. The van der Waals surface area contributed by atoms with E-state index >= 15 is 0 Å². The number of nitro benzene ring substituents is 1. The smallest absolute Gasteiger partial charge is 0.312 e. The maximum absolute atomic E-state index is 14.4. The molecule has 2 aliphatic rings. The maximum atomic E-state index is 14.4. The Kier molecular flexibility index (Phi) is 18.1. The predicted octanol–water partition coefficient (Wildman–Crippen LogP) is 5.52. The highest BCUT2D eigenvalue weighted by atomic mass is 16.7. The molecule has 2 aromatic carbocycles. The van der Waals surface area contributed by atoms with Crippen LogP contribution in [-0.4, -0.2) is 137 Å². The van der Waals surface area contributed by atoms with Crippen molar-refractivity contribution >= 4 is 29.0 Å². The van der Waals surface area contributed by atoms with Gasteiger partial charge >= 0.3 is 11.9 Å². The van der Waals surface area contributed by atoms with Gasteiger partial charge in [-0.15, -0.1) is 0 Å². The number of aliphatic hydroxyl groups is 3. The molecule has 0 amide bonds. The molecule has 2 aromatic rings. The van der Waals surface area contributed by atoms with Gasteiger partial charge in [-0.3, -0.25) is 19.7 Å². The van der Waals surface area contributed by atoms with E-state index in [-0.39, 0.29) is 37.1 Å². The highest BCUT2D eigenvalue weighted by Gasteiger charge is 2.52. The van der Waals surface area contributed by atoms with Gasteiger partial charge in [0.1, 0.15) is 29.7 Å². The van der Waals surface area contributed by atoms with Crippen LogP contribution in [0.5, 0.6) is 5.75 Å². The van der Waals surface area contributed by atoms with E-state index in [1.54, 1.807) is 41.7 Å². The molecular formula is C47H70N4O13. The Morgan fingerprint density at radius 2 is 1.62 bits per heavy atom. The number of rotatable bonds is 12. The zero-order valence-electron chi connectivity index (χ0n) is 39.6. The van der Waals surface area contributed by atoms with Gasteiger partial charge in [0.05, 0.1) is 54.0 Å². The molecule has 0 saturated carbocycles. The van der Waals surface area contributed by atoms with Gasteiger partial charge < -0.3 is 48.6 Å². The van der Waals surface area contributed by atoms with Crippen LogP contribution in [0.1, 0.15) is 92.7 Å². The van der Waals surface area contributed by atoms with Crippen LogP contribution in [0.25, 0.3) is 0 Å². The van der Waals surface area contributed by atoms with Crippen LogP contribution in [0.2, 0.25) is 0 Å². The molecule has 0 radical (unpaired) electrons. The molecule has 0 aromatic heterocycles. The number of ether oxygens (including phenoxy) is 6. The zero-order valence-corrected chi connectivity index (χ0v) is 39.6. The molecule has 2 saturated heterocycles. The zero-order chi connectivity index (χ0) is 47.8. The number of carbonyl (C=O) groups excluding carboxylic acids is 2. The van der Waals surface area contributed by atoms with Crippen LogP contribution >= 0.6 is 0 Å². The topological polar surface area (TPSA) is 221 Å². The van der Waals surface area contributed by atoms with Crippen molar-refractivity contribution in [2.45, 2.75) is 148 Å². The lowest BCUT2D eigenvalue weighted by molar-refractivity contribution is -0.384. The van der Waals surface area contributed by atoms with Crippen LogP contribution in [-0.2, 0) is 39.7 Å². The number of hydrogen-bond acceptors (Lipinski definition) is 16. The number of aliphatic hydroxyl groups excluding tert-OH is 2. The fourth-order valence-corrected chi connectivity index (χ4v) is 9.10. The molecule has 0 spiro atoms. The van der Waals surface area contributed by atoms with Crippen molar-refractivity contribution in [1.29, 1.82) is 0 Å². The highest BCUT2D eigenvalue weighted by molar-refractivity contribution is 5.99. The standard InChI is InChI=1S/C47H70N4O13/c1-14-37-47(9,56)42(54)28(4)39(49-48-31(7)33-17-21-35(59-12)22-18-33)26(2)25-46(8,60-13)43(64-45-40(53)36(50(10)11)23-27(3)61-45)29(5)41(30(6)44(55)62-37)63-38(52)24-32-15-19-34(20-16-32)51(57)58/h15-22,26-30,36-37,40-43,45,53-54,56H,14,23-25H2,1-13H3/b48-31+,49-39+/t26-,27?,28+,29+,30-,36?,37-,40?,41+,42-,43-,45?,46-,47-/m1/s1. The normalized spacial score (nSPS) is 35.4. The summed E-state index contributed by atoms with van der Waals surface area (Å²) in [5.74, 6) is -4.33. The maximum Gasteiger partial charge on any atom is 0.312 e. The number of hydrogen-bond donors (Lipinski definition) is 3. The van der Waals surface area contributed by atoms with Gasteiger partial charge in [-0.2, -0.15) is 10.2 Å². The number of carbonyl (C=O) groups is 2. The van der Waals surface area contributed by atoms with E-state index in [0.29, 0.717) is 29.2 Å². The van der Waals surface area contributed by atoms with Crippen LogP contribution in [0, 0.1) is 33.8 Å². The molecule has 2 aliphatic heterocycles.